The van der Waals surface area contributed by atoms with Crippen LogP contribution in [0.5, 0.6) is 0 Å². The summed E-state index contributed by atoms with van der Waals surface area (Å²) < 4.78 is 12.2. The fraction of sp³-hybridized carbons (Fsp3) is 0.632. The van der Waals surface area contributed by atoms with Crippen LogP contribution in [0.2, 0.25) is 0 Å². The molecule has 1 heterocycles. The molecule has 132 valence electrons. The van der Waals surface area contributed by atoms with Gasteiger partial charge in [-0.1, -0.05) is 37.6 Å². The van der Waals surface area contributed by atoms with Crippen molar-refractivity contribution in [1.29, 1.82) is 0 Å². The first kappa shape index (κ1) is 19.0. The summed E-state index contributed by atoms with van der Waals surface area (Å²) in [6, 6.07) is 6.06. The van der Waals surface area contributed by atoms with Crippen molar-refractivity contribution in [3.8, 4) is 0 Å². The molecule has 1 aliphatic heterocycles. The van der Waals surface area contributed by atoms with Crippen LogP contribution in [0.25, 0.3) is 0 Å². The van der Waals surface area contributed by atoms with Crippen LogP contribution in [0.4, 0.5) is 0 Å². The SMILES string of the molecule is Cc1cc(CC(=O)NCC(C)C)ccc1B1OC(C)(C)C(C)(C)O1. The predicted octanol–water partition coefficient (Wildman–Crippen LogP) is 2.61. The number of hydrogen-bond donors (Lipinski definition) is 1. The van der Waals surface area contributed by atoms with Crippen molar-refractivity contribution < 1.29 is 14.1 Å². The molecule has 0 bridgehead atoms. The monoisotopic (exact) mass is 331 g/mol. The Balaban J connectivity index is 2.07. The van der Waals surface area contributed by atoms with Gasteiger partial charge in [0.25, 0.3) is 0 Å². The first-order chi connectivity index (χ1) is 11.0. The normalized spacial score (nSPS) is 18.9. The molecule has 1 amide bonds. The fourth-order valence-electron chi connectivity index (χ4n) is 2.65. The van der Waals surface area contributed by atoms with Crippen molar-refractivity contribution >= 4 is 18.5 Å². The highest BCUT2D eigenvalue weighted by molar-refractivity contribution is 6.62. The van der Waals surface area contributed by atoms with Gasteiger partial charge in [-0.05, 0) is 51.6 Å². The quantitative estimate of drug-likeness (QED) is 0.844. The zero-order chi connectivity index (χ0) is 18.1. The maximum atomic E-state index is 12.0. The van der Waals surface area contributed by atoms with Gasteiger partial charge in [-0.3, -0.25) is 4.79 Å². The van der Waals surface area contributed by atoms with Crippen LogP contribution in [0.1, 0.15) is 52.7 Å². The number of carbonyl (C=O) groups excluding carboxylic acids is 1. The van der Waals surface area contributed by atoms with Gasteiger partial charge in [0.15, 0.2) is 0 Å². The molecule has 4 nitrogen and oxygen atoms in total. The van der Waals surface area contributed by atoms with E-state index in [0.717, 1.165) is 16.6 Å². The number of nitrogens with one attached hydrogen (secondary N) is 1. The van der Waals surface area contributed by atoms with Gasteiger partial charge in [0.1, 0.15) is 0 Å². The van der Waals surface area contributed by atoms with Crippen molar-refractivity contribution in [2.24, 2.45) is 5.92 Å². The van der Waals surface area contributed by atoms with E-state index in [1.54, 1.807) is 0 Å². The lowest BCUT2D eigenvalue weighted by atomic mass is 9.75. The van der Waals surface area contributed by atoms with Crippen molar-refractivity contribution in [2.75, 3.05) is 6.54 Å². The van der Waals surface area contributed by atoms with Gasteiger partial charge in [-0.2, -0.15) is 0 Å². The highest BCUT2D eigenvalue weighted by atomic mass is 16.7. The van der Waals surface area contributed by atoms with Crippen LogP contribution in [0, 0.1) is 12.8 Å². The molecule has 5 heteroatoms. The van der Waals surface area contributed by atoms with E-state index in [4.69, 9.17) is 9.31 Å². The molecule has 1 saturated heterocycles. The van der Waals surface area contributed by atoms with E-state index < -0.39 is 0 Å². The van der Waals surface area contributed by atoms with Crippen LogP contribution in [-0.4, -0.2) is 30.8 Å². The summed E-state index contributed by atoms with van der Waals surface area (Å²) in [4.78, 5) is 12.0. The van der Waals surface area contributed by atoms with Gasteiger partial charge in [-0.25, -0.2) is 0 Å². The Morgan fingerprint density at radius 1 is 1.17 bits per heavy atom. The first-order valence-corrected chi connectivity index (χ1v) is 8.73. The number of amides is 1. The van der Waals surface area contributed by atoms with Crippen molar-refractivity contribution in [3.63, 3.8) is 0 Å². The van der Waals surface area contributed by atoms with Gasteiger partial charge in [-0.15, -0.1) is 0 Å². The molecule has 0 aromatic heterocycles. The van der Waals surface area contributed by atoms with Crippen molar-refractivity contribution in [2.45, 2.75) is 66.1 Å². The summed E-state index contributed by atoms with van der Waals surface area (Å²) in [5.74, 6) is 0.521. The average molecular weight is 331 g/mol. The van der Waals surface area contributed by atoms with Crippen LogP contribution in [0.15, 0.2) is 18.2 Å². The maximum Gasteiger partial charge on any atom is 0.495 e. The summed E-state index contributed by atoms with van der Waals surface area (Å²) in [5.41, 5.74) is 2.43. The second kappa shape index (κ2) is 6.89. The number of hydrogen-bond acceptors (Lipinski definition) is 3. The number of rotatable bonds is 5. The minimum atomic E-state index is -0.362. The maximum absolute atomic E-state index is 12.0. The van der Waals surface area contributed by atoms with E-state index in [0.29, 0.717) is 18.9 Å². The smallest absolute Gasteiger partial charge is 0.399 e. The third-order valence-electron chi connectivity index (χ3n) is 4.91. The molecule has 24 heavy (non-hydrogen) atoms. The summed E-state index contributed by atoms with van der Waals surface area (Å²) in [5, 5.41) is 2.95. The lowest BCUT2D eigenvalue weighted by molar-refractivity contribution is -0.120. The second-order valence-electron chi connectivity index (χ2n) is 8.15. The minimum absolute atomic E-state index is 0.0616. The molecular weight excluding hydrogens is 301 g/mol. The Labute approximate surface area is 146 Å². The molecular formula is C19H30BNO3. The Hall–Kier alpha value is -1.33. The van der Waals surface area contributed by atoms with Crippen molar-refractivity contribution in [1.82, 2.24) is 5.32 Å². The zero-order valence-corrected chi connectivity index (χ0v) is 16.0. The molecule has 0 unspecified atom stereocenters. The summed E-state index contributed by atoms with van der Waals surface area (Å²) >= 11 is 0. The molecule has 1 aromatic rings. The zero-order valence-electron chi connectivity index (χ0n) is 16.0. The average Bonchev–Trinajstić information content (AvgIpc) is 2.65. The van der Waals surface area contributed by atoms with E-state index in [2.05, 4.69) is 52.9 Å². The third kappa shape index (κ3) is 4.20. The minimum Gasteiger partial charge on any atom is -0.399 e. The van der Waals surface area contributed by atoms with E-state index in [9.17, 15) is 4.79 Å². The van der Waals surface area contributed by atoms with Gasteiger partial charge < -0.3 is 14.6 Å². The predicted molar refractivity (Wildman–Crippen MR) is 98.4 cm³/mol. The van der Waals surface area contributed by atoms with Gasteiger partial charge in [0.05, 0.1) is 17.6 Å². The summed E-state index contributed by atoms with van der Waals surface area (Å²) in [7, 11) is -0.362. The molecule has 1 aromatic carbocycles. The van der Waals surface area contributed by atoms with E-state index >= 15 is 0 Å². The topological polar surface area (TPSA) is 47.6 Å². The van der Waals surface area contributed by atoms with Gasteiger partial charge >= 0.3 is 7.12 Å². The first-order valence-electron chi connectivity index (χ1n) is 8.73. The molecule has 0 spiro atoms. The highest BCUT2D eigenvalue weighted by Gasteiger charge is 2.51. The lowest BCUT2D eigenvalue weighted by Gasteiger charge is -2.32. The molecule has 1 N–H and O–H groups in total. The lowest BCUT2D eigenvalue weighted by Crippen LogP contribution is -2.41. The Bertz CT molecular complexity index is 595. The van der Waals surface area contributed by atoms with E-state index in [1.807, 2.05) is 19.1 Å². The Kier molecular flexibility index (Phi) is 5.45. The van der Waals surface area contributed by atoms with Gasteiger partial charge in [0, 0.05) is 6.54 Å². The fourth-order valence-corrected chi connectivity index (χ4v) is 2.65. The van der Waals surface area contributed by atoms with Crippen molar-refractivity contribution in [3.05, 3.63) is 29.3 Å². The van der Waals surface area contributed by atoms with Crippen LogP contribution in [0.3, 0.4) is 0 Å². The second-order valence-corrected chi connectivity index (χ2v) is 8.15. The molecule has 0 aliphatic carbocycles. The highest BCUT2D eigenvalue weighted by Crippen LogP contribution is 2.36. The number of benzene rings is 1. The molecule has 0 radical (unpaired) electrons. The molecule has 2 rings (SSSR count). The molecule has 1 fully saturated rings. The van der Waals surface area contributed by atoms with Gasteiger partial charge in [0.2, 0.25) is 5.91 Å². The Morgan fingerprint density at radius 2 is 1.75 bits per heavy atom. The van der Waals surface area contributed by atoms with E-state index in [-0.39, 0.29) is 24.2 Å². The van der Waals surface area contributed by atoms with E-state index in [1.165, 1.54) is 0 Å². The summed E-state index contributed by atoms with van der Waals surface area (Å²) in [6.45, 7) is 15.1. The largest absolute Gasteiger partial charge is 0.495 e. The number of aryl methyl sites for hydroxylation is 1. The third-order valence-corrected chi connectivity index (χ3v) is 4.91. The van der Waals surface area contributed by atoms with Crippen LogP contribution < -0.4 is 10.8 Å². The summed E-state index contributed by atoms with van der Waals surface area (Å²) in [6.07, 6.45) is 0.400. The van der Waals surface area contributed by atoms with Crippen LogP contribution in [-0.2, 0) is 20.5 Å². The molecule has 0 saturated carbocycles. The molecule has 0 atom stereocenters. The standard InChI is InChI=1S/C19H30BNO3/c1-13(2)12-21-17(22)11-15-8-9-16(14(3)10-15)20-23-18(4,5)19(6,7)24-20/h8-10,13H,11-12H2,1-7H3,(H,21,22). The Morgan fingerprint density at radius 3 is 2.25 bits per heavy atom. The molecule has 1 aliphatic rings. The van der Waals surface area contributed by atoms with Crippen LogP contribution >= 0.6 is 0 Å². The number of carbonyl (C=O) groups is 1.